The Morgan fingerprint density at radius 1 is 1.16 bits per heavy atom. The van der Waals surface area contributed by atoms with Crippen LogP contribution in [0.3, 0.4) is 0 Å². The minimum atomic E-state index is -0.813. The van der Waals surface area contributed by atoms with Gasteiger partial charge < -0.3 is 20.2 Å². The van der Waals surface area contributed by atoms with E-state index in [2.05, 4.69) is 15.5 Å². The Morgan fingerprint density at radius 2 is 1.88 bits per heavy atom. The van der Waals surface area contributed by atoms with Crippen LogP contribution in [0.15, 0.2) is 22.8 Å². The number of piperidine rings is 1. The summed E-state index contributed by atoms with van der Waals surface area (Å²) in [6.45, 7) is 3.15. The summed E-state index contributed by atoms with van der Waals surface area (Å²) in [7, 11) is 0. The highest BCUT2D eigenvalue weighted by molar-refractivity contribution is 5.73. The molecule has 0 radical (unpaired) electrons. The zero-order valence-corrected chi connectivity index (χ0v) is 15.0. The van der Waals surface area contributed by atoms with Crippen molar-refractivity contribution in [2.24, 2.45) is 0 Å². The molecule has 2 fully saturated rings. The van der Waals surface area contributed by atoms with E-state index in [4.69, 9.17) is 4.42 Å². The normalized spacial score (nSPS) is 22.3. The Bertz CT molecular complexity index is 520. The minimum Gasteiger partial charge on any atom is -0.467 e. The van der Waals surface area contributed by atoms with Gasteiger partial charge in [0.05, 0.1) is 12.8 Å². The van der Waals surface area contributed by atoms with Gasteiger partial charge in [-0.25, -0.2) is 4.79 Å². The third-order valence-electron chi connectivity index (χ3n) is 5.72. The molecular formula is C19H31N3O3. The van der Waals surface area contributed by atoms with Crippen LogP contribution < -0.4 is 10.6 Å². The van der Waals surface area contributed by atoms with Crippen LogP contribution in [0.1, 0.15) is 63.2 Å². The molecular weight excluding hydrogens is 318 g/mol. The number of nitrogens with zero attached hydrogens (tertiary/aromatic N) is 1. The Morgan fingerprint density at radius 3 is 2.56 bits per heavy atom. The number of aliphatic hydroxyl groups is 1. The van der Waals surface area contributed by atoms with Gasteiger partial charge in [-0.3, -0.25) is 4.90 Å². The second-order valence-electron chi connectivity index (χ2n) is 7.43. The molecule has 1 aliphatic carbocycles. The van der Waals surface area contributed by atoms with Crippen LogP contribution in [0.2, 0.25) is 0 Å². The predicted octanol–water partition coefficient (Wildman–Crippen LogP) is 2.80. The van der Waals surface area contributed by atoms with Crippen LogP contribution in [0.5, 0.6) is 0 Å². The molecule has 3 rings (SSSR count). The first-order chi connectivity index (χ1) is 12.2. The molecule has 2 amide bonds. The van der Waals surface area contributed by atoms with Crippen LogP contribution in [0.4, 0.5) is 4.79 Å². The molecule has 0 spiro atoms. The first-order valence-electron chi connectivity index (χ1n) is 9.68. The van der Waals surface area contributed by atoms with Gasteiger partial charge in [0.1, 0.15) is 11.9 Å². The molecule has 1 saturated heterocycles. The summed E-state index contributed by atoms with van der Waals surface area (Å²) in [6.07, 6.45) is 10.7. The van der Waals surface area contributed by atoms with Crippen molar-refractivity contribution >= 4 is 6.03 Å². The number of likely N-dealkylation sites (tertiary alicyclic amines) is 1. The van der Waals surface area contributed by atoms with Gasteiger partial charge >= 0.3 is 6.03 Å². The molecule has 0 bridgehead atoms. The monoisotopic (exact) mass is 349 g/mol. The Labute approximate surface area is 150 Å². The average Bonchev–Trinajstić information content (AvgIpc) is 3.21. The topological polar surface area (TPSA) is 77.7 Å². The van der Waals surface area contributed by atoms with E-state index in [1.165, 1.54) is 57.6 Å². The molecule has 140 valence electrons. The van der Waals surface area contributed by atoms with Crippen LogP contribution in [0.25, 0.3) is 0 Å². The first kappa shape index (κ1) is 18.3. The number of furan rings is 1. The zero-order valence-electron chi connectivity index (χ0n) is 15.0. The number of nitrogens with one attached hydrogen (secondary N) is 2. The molecule has 1 saturated carbocycles. The van der Waals surface area contributed by atoms with Crippen LogP contribution >= 0.6 is 0 Å². The number of amides is 2. The van der Waals surface area contributed by atoms with Crippen molar-refractivity contribution in [3.63, 3.8) is 0 Å². The standard InChI is InChI=1S/C19H31N3O3/c23-16(17-8-7-13-25-17)14-20-18(24)21-15-19(9-3-1-4-10-19)22-11-5-2-6-12-22/h7-8,13,16,23H,1-6,9-12,14-15H2,(H2,20,21,24). The smallest absolute Gasteiger partial charge is 0.314 e. The van der Waals surface area contributed by atoms with Crippen molar-refractivity contribution in [3.8, 4) is 0 Å². The minimum absolute atomic E-state index is 0.121. The summed E-state index contributed by atoms with van der Waals surface area (Å²) in [5, 5.41) is 15.8. The Balaban J connectivity index is 1.49. The predicted molar refractivity (Wildman–Crippen MR) is 96.3 cm³/mol. The second-order valence-corrected chi connectivity index (χ2v) is 7.43. The van der Waals surface area contributed by atoms with Gasteiger partial charge in [-0.1, -0.05) is 25.7 Å². The number of hydrogen-bond donors (Lipinski definition) is 3. The molecule has 25 heavy (non-hydrogen) atoms. The van der Waals surface area contributed by atoms with Gasteiger partial charge in [-0.2, -0.15) is 0 Å². The van der Waals surface area contributed by atoms with E-state index in [1.807, 2.05) is 0 Å². The highest BCUT2D eigenvalue weighted by Crippen LogP contribution is 2.35. The van der Waals surface area contributed by atoms with E-state index in [-0.39, 0.29) is 18.1 Å². The third kappa shape index (κ3) is 4.76. The number of rotatable bonds is 6. The summed E-state index contributed by atoms with van der Waals surface area (Å²) in [6, 6.07) is 3.22. The first-order valence-corrected chi connectivity index (χ1v) is 9.68. The maximum Gasteiger partial charge on any atom is 0.314 e. The summed E-state index contributed by atoms with van der Waals surface area (Å²) in [5.41, 5.74) is 0.121. The van der Waals surface area contributed by atoms with E-state index >= 15 is 0 Å². The zero-order chi connectivity index (χ0) is 17.5. The fourth-order valence-electron chi connectivity index (χ4n) is 4.26. The van der Waals surface area contributed by atoms with E-state index in [0.717, 1.165) is 13.1 Å². The molecule has 1 atom stereocenters. The fraction of sp³-hybridized carbons (Fsp3) is 0.737. The number of carbonyl (C=O) groups is 1. The van der Waals surface area contributed by atoms with Crippen molar-refractivity contribution in [2.75, 3.05) is 26.2 Å². The summed E-state index contributed by atoms with van der Waals surface area (Å²) in [5.74, 6) is 0.470. The molecule has 6 heteroatoms. The lowest BCUT2D eigenvalue weighted by atomic mass is 9.79. The lowest BCUT2D eigenvalue weighted by Crippen LogP contribution is -2.59. The van der Waals surface area contributed by atoms with Crippen molar-refractivity contribution in [1.29, 1.82) is 0 Å². The lowest BCUT2D eigenvalue weighted by Gasteiger charge is -2.48. The van der Waals surface area contributed by atoms with Crippen LogP contribution in [-0.2, 0) is 0 Å². The molecule has 1 aliphatic heterocycles. The maximum atomic E-state index is 12.2. The molecule has 0 aromatic carbocycles. The molecule has 1 aromatic heterocycles. The van der Waals surface area contributed by atoms with E-state index < -0.39 is 6.10 Å². The van der Waals surface area contributed by atoms with E-state index in [9.17, 15) is 9.90 Å². The fourth-order valence-corrected chi connectivity index (χ4v) is 4.26. The number of aliphatic hydroxyl groups excluding tert-OH is 1. The van der Waals surface area contributed by atoms with Gasteiger partial charge in [0.25, 0.3) is 0 Å². The van der Waals surface area contributed by atoms with Gasteiger partial charge in [0, 0.05) is 12.1 Å². The van der Waals surface area contributed by atoms with Gasteiger partial charge in [-0.05, 0) is 50.9 Å². The molecule has 2 heterocycles. The molecule has 6 nitrogen and oxygen atoms in total. The summed E-state index contributed by atoms with van der Waals surface area (Å²) >= 11 is 0. The van der Waals surface area contributed by atoms with E-state index in [0.29, 0.717) is 12.3 Å². The number of carbonyl (C=O) groups excluding carboxylic acids is 1. The van der Waals surface area contributed by atoms with Crippen molar-refractivity contribution < 1.29 is 14.3 Å². The number of hydrogen-bond acceptors (Lipinski definition) is 4. The average molecular weight is 349 g/mol. The van der Waals surface area contributed by atoms with E-state index in [1.54, 1.807) is 12.1 Å². The highest BCUT2D eigenvalue weighted by atomic mass is 16.4. The highest BCUT2D eigenvalue weighted by Gasteiger charge is 2.38. The third-order valence-corrected chi connectivity index (χ3v) is 5.72. The maximum absolute atomic E-state index is 12.2. The van der Waals surface area contributed by atoms with Crippen LogP contribution in [-0.4, -0.2) is 47.8 Å². The van der Waals surface area contributed by atoms with Gasteiger partial charge in [-0.15, -0.1) is 0 Å². The van der Waals surface area contributed by atoms with Crippen LogP contribution in [0, 0.1) is 0 Å². The van der Waals surface area contributed by atoms with Crippen molar-refractivity contribution in [1.82, 2.24) is 15.5 Å². The second kappa shape index (κ2) is 8.72. The van der Waals surface area contributed by atoms with Gasteiger partial charge in [0.15, 0.2) is 0 Å². The molecule has 2 aliphatic rings. The lowest BCUT2D eigenvalue weighted by molar-refractivity contribution is 0.0353. The quantitative estimate of drug-likeness (QED) is 0.738. The largest absolute Gasteiger partial charge is 0.467 e. The van der Waals surface area contributed by atoms with Crippen molar-refractivity contribution in [3.05, 3.63) is 24.2 Å². The summed E-state index contributed by atoms with van der Waals surface area (Å²) < 4.78 is 5.15. The van der Waals surface area contributed by atoms with Gasteiger partial charge in [0.2, 0.25) is 0 Å². The molecule has 1 unspecified atom stereocenters. The summed E-state index contributed by atoms with van der Waals surface area (Å²) in [4.78, 5) is 14.8. The molecule has 3 N–H and O–H groups in total. The number of urea groups is 1. The van der Waals surface area contributed by atoms with Crippen molar-refractivity contribution in [2.45, 2.75) is 63.0 Å². The Kier molecular flexibility index (Phi) is 6.37. The Hall–Kier alpha value is -1.53. The molecule has 1 aromatic rings. The SMILES string of the molecule is O=C(NCC(O)c1ccco1)NCC1(N2CCCCC2)CCCCC1.